The van der Waals surface area contributed by atoms with Gasteiger partial charge in [0.05, 0.1) is 55.3 Å². The van der Waals surface area contributed by atoms with E-state index in [1.54, 1.807) is 10.9 Å². The third kappa shape index (κ3) is 3.07. The number of hydrogen-bond acceptors (Lipinski definition) is 7. The average molecular weight is 308 g/mol. The fourth-order valence-electron chi connectivity index (χ4n) is 1.93. The molecule has 2 N–H and O–H groups in total. The Kier molecular flexibility index (Phi) is 4.02. The molecule has 2 aromatic heterocycles. The first-order chi connectivity index (χ1) is 10.6. The molecule has 0 aromatic carbocycles. The van der Waals surface area contributed by atoms with Gasteiger partial charge in [0.2, 0.25) is 0 Å². The number of nitro groups is 1. The molecule has 2 aliphatic heterocycles. The van der Waals surface area contributed by atoms with Crippen molar-refractivity contribution in [1.29, 1.82) is 0 Å². The summed E-state index contributed by atoms with van der Waals surface area (Å²) in [5.74, 6) is 0. The van der Waals surface area contributed by atoms with Crippen molar-refractivity contribution in [3.63, 3.8) is 0 Å². The number of nitrogen functional groups attached to an aromatic ring is 1. The lowest BCUT2D eigenvalue weighted by atomic mass is 10.3. The van der Waals surface area contributed by atoms with Gasteiger partial charge in [0.15, 0.2) is 0 Å². The maximum atomic E-state index is 10.3. The van der Waals surface area contributed by atoms with Crippen molar-refractivity contribution in [3.05, 3.63) is 34.9 Å². The molecule has 118 valence electrons. The molecular formula is C12H16N6O4. The fourth-order valence-corrected chi connectivity index (χ4v) is 1.93. The van der Waals surface area contributed by atoms with Crippen LogP contribution in [0.1, 0.15) is 12.1 Å². The molecule has 4 rings (SSSR count). The summed E-state index contributed by atoms with van der Waals surface area (Å²) >= 11 is 0. The van der Waals surface area contributed by atoms with Gasteiger partial charge in [-0.25, -0.2) is 0 Å². The molecule has 10 nitrogen and oxygen atoms in total. The fraction of sp³-hybridized carbons (Fsp3) is 0.500. The molecule has 0 bridgehead atoms. The molecule has 2 fully saturated rings. The summed E-state index contributed by atoms with van der Waals surface area (Å²) in [7, 11) is 0. The molecule has 22 heavy (non-hydrogen) atoms. The highest BCUT2D eigenvalue weighted by Crippen LogP contribution is 2.19. The average Bonchev–Trinajstić information content (AvgIpc) is 2.96. The summed E-state index contributed by atoms with van der Waals surface area (Å²) in [6.45, 7) is 2.72. The predicted molar refractivity (Wildman–Crippen MR) is 75.2 cm³/mol. The second-order valence-electron chi connectivity index (χ2n) is 5.07. The molecule has 0 saturated carbocycles. The van der Waals surface area contributed by atoms with Crippen LogP contribution in [-0.4, -0.2) is 50.9 Å². The number of nitrogens with two attached hydrogens (primary N) is 1. The minimum absolute atomic E-state index is 0.0295. The monoisotopic (exact) mass is 308 g/mol. The number of nitrogens with zero attached hydrogens (tertiary/aromatic N) is 5. The SMILES string of the molecule is Nc1cnn(C2COC2)c1.O=[N+]([O-])c1cnn(C2COC2)c1. The van der Waals surface area contributed by atoms with Gasteiger partial charge in [-0.3, -0.25) is 19.5 Å². The minimum Gasteiger partial charge on any atom is -0.396 e. The Bertz CT molecular complexity index is 646. The molecule has 2 aliphatic rings. The van der Waals surface area contributed by atoms with E-state index >= 15 is 0 Å². The van der Waals surface area contributed by atoms with Crippen LogP contribution >= 0.6 is 0 Å². The van der Waals surface area contributed by atoms with Crippen LogP contribution in [0.15, 0.2) is 24.8 Å². The summed E-state index contributed by atoms with van der Waals surface area (Å²) < 4.78 is 13.3. The molecule has 0 amide bonds. The molecule has 0 radical (unpaired) electrons. The van der Waals surface area contributed by atoms with Crippen molar-refractivity contribution < 1.29 is 14.4 Å². The molecule has 10 heteroatoms. The van der Waals surface area contributed by atoms with E-state index in [0.717, 1.165) is 13.2 Å². The number of hydrogen-bond donors (Lipinski definition) is 1. The Morgan fingerprint density at radius 2 is 1.64 bits per heavy atom. The lowest BCUT2D eigenvalue weighted by Gasteiger charge is -2.25. The second kappa shape index (κ2) is 6.12. The van der Waals surface area contributed by atoms with Crippen molar-refractivity contribution >= 4 is 11.4 Å². The zero-order valence-corrected chi connectivity index (χ0v) is 11.7. The van der Waals surface area contributed by atoms with Crippen molar-refractivity contribution in [2.45, 2.75) is 12.1 Å². The number of aromatic nitrogens is 4. The zero-order valence-electron chi connectivity index (χ0n) is 11.7. The first kappa shape index (κ1) is 14.5. The summed E-state index contributed by atoms with van der Waals surface area (Å²) in [6, 6.07) is 0.594. The van der Waals surface area contributed by atoms with Crippen LogP contribution in [0.4, 0.5) is 11.4 Å². The zero-order chi connectivity index (χ0) is 15.5. The van der Waals surface area contributed by atoms with Crippen molar-refractivity contribution in [2.75, 3.05) is 32.2 Å². The van der Waals surface area contributed by atoms with E-state index in [4.69, 9.17) is 15.2 Å². The Morgan fingerprint density at radius 1 is 1.09 bits per heavy atom. The first-order valence-electron chi connectivity index (χ1n) is 6.77. The quantitative estimate of drug-likeness (QED) is 0.643. The van der Waals surface area contributed by atoms with Crippen molar-refractivity contribution in [3.8, 4) is 0 Å². The van der Waals surface area contributed by atoms with Crippen molar-refractivity contribution in [1.82, 2.24) is 19.6 Å². The molecule has 2 aromatic rings. The lowest BCUT2D eigenvalue weighted by molar-refractivity contribution is -0.385. The second-order valence-corrected chi connectivity index (χ2v) is 5.07. The van der Waals surface area contributed by atoms with Crippen LogP contribution in [0.3, 0.4) is 0 Å². The van der Waals surface area contributed by atoms with E-state index in [2.05, 4.69) is 10.2 Å². The topological polar surface area (TPSA) is 123 Å². The van der Waals surface area contributed by atoms with E-state index in [1.807, 2.05) is 10.9 Å². The van der Waals surface area contributed by atoms with Gasteiger partial charge < -0.3 is 15.2 Å². The predicted octanol–water partition coefficient (Wildman–Crippen LogP) is 0.399. The largest absolute Gasteiger partial charge is 0.396 e. The molecule has 0 unspecified atom stereocenters. The van der Waals surface area contributed by atoms with E-state index < -0.39 is 4.92 Å². The lowest BCUT2D eigenvalue weighted by Crippen LogP contribution is -2.30. The van der Waals surface area contributed by atoms with Gasteiger partial charge in [-0.15, -0.1) is 0 Å². The highest BCUT2D eigenvalue weighted by Gasteiger charge is 2.23. The standard InChI is InChI=1S/C6H7N3O3.C6H9N3O/c10-9(11)5-1-7-8(2-5)6-3-12-4-6;7-5-1-8-9(2-5)6-3-10-4-6/h1-2,6H,3-4H2;1-2,6H,3-4,7H2. The summed E-state index contributed by atoms with van der Waals surface area (Å²) in [4.78, 5) is 9.81. The molecule has 0 atom stereocenters. The van der Waals surface area contributed by atoms with Gasteiger partial charge in [-0.1, -0.05) is 0 Å². The summed E-state index contributed by atoms with van der Waals surface area (Å²) in [5, 5.41) is 18.2. The van der Waals surface area contributed by atoms with E-state index in [0.29, 0.717) is 24.9 Å². The van der Waals surface area contributed by atoms with Gasteiger partial charge in [0.25, 0.3) is 0 Å². The van der Waals surface area contributed by atoms with Gasteiger partial charge >= 0.3 is 5.69 Å². The van der Waals surface area contributed by atoms with Crippen LogP contribution in [0.25, 0.3) is 0 Å². The van der Waals surface area contributed by atoms with E-state index in [1.165, 1.54) is 12.4 Å². The van der Waals surface area contributed by atoms with Crippen LogP contribution in [0, 0.1) is 10.1 Å². The highest BCUT2D eigenvalue weighted by atomic mass is 16.6. The maximum absolute atomic E-state index is 10.3. The Balaban J connectivity index is 0.000000133. The van der Waals surface area contributed by atoms with Crippen LogP contribution in [0.5, 0.6) is 0 Å². The summed E-state index contributed by atoms with van der Waals surface area (Å²) in [6.07, 6.45) is 6.15. The van der Waals surface area contributed by atoms with Gasteiger partial charge in [0.1, 0.15) is 12.4 Å². The Hall–Kier alpha value is -2.46. The third-order valence-electron chi connectivity index (χ3n) is 3.41. The van der Waals surface area contributed by atoms with Crippen LogP contribution in [-0.2, 0) is 9.47 Å². The highest BCUT2D eigenvalue weighted by molar-refractivity contribution is 5.30. The van der Waals surface area contributed by atoms with E-state index in [9.17, 15) is 10.1 Å². The third-order valence-corrected chi connectivity index (χ3v) is 3.41. The number of rotatable bonds is 3. The molecule has 4 heterocycles. The van der Waals surface area contributed by atoms with Crippen LogP contribution in [0.2, 0.25) is 0 Å². The Labute approximate surface area is 125 Å². The van der Waals surface area contributed by atoms with Crippen LogP contribution < -0.4 is 5.73 Å². The first-order valence-corrected chi connectivity index (χ1v) is 6.77. The van der Waals surface area contributed by atoms with Gasteiger partial charge in [-0.2, -0.15) is 10.2 Å². The number of anilines is 1. The molecular weight excluding hydrogens is 292 g/mol. The van der Waals surface area contributed by atoms with Gasteiger partial charge in [-0.05, 0) is 0 Å². The smallest absolute Gasteiger partial charge is 0.307 e. The Morgan fingerprint density at radius 3 is 2.00 bits per heavy atom. The van der Waals surface area contributed by atoms with Crippen molar-refractivity contribution in [2.24, 2.45) is 0 Å². The maximum Gasteiger partial charge on any atom is 0.307 e. The summed E-state index contributed by atoms with van der Waals surface area (Å²) in [5.41, 5.74) is 6.22. The normalized spacial score (nSPS) is 18.0. The van der Waals surface area contributed by atoms with E-state index in [-0.39, 0.29) is 11.7 Å². The molecule has 0 aliphatic carbocycles. The molecule has 0 spiro atoms. The minimum atomic E-state index is -0.455. The number of ether oxygens (including phenoxy) is 2. The van der Waals surface area contributed by atoms with Gasteiger partial charge in [0, 0.05) is 6.20 Å². The molecule has 2 saturated heterocycles.